The Morgan fingerprint density at radius 2 is 1.00 bits per heavy atom. The van der Waals surface area contributed by atoms with E-state index in [9.17, 15) is 0 Å². The van der Waals surface area contributed by atoms with Crippen molar-refractivity contribution in [2.45, 2.75) is 80.3 Å². The van der Waals surface area contributed by atoms with Crippen LogP contribution in [0.5, 0.6) is 0 Å². The largest absolute Gasteiger partial charge is 0.310 e. The minimum atomic E-state index is 0.355. The van der Waals surface area contributed by atoms with Crippen molar-refractivity contribution >= 4 is 0 Å². The second-order valence-corrected chi connectivity index (χ2v) is 6.82. The van der Waals surface area contributed by atoms with Gasteiger partial charge < -0.3 is 5.32 Å². The Bertz CT molecular complexity index is 151. The maximum Gasteiger partial charge on any atom is 0.0116 e. The van der Waals surface area contributed by atoms with Gasteiger partial charge in [0.05, 0.1) is 0 Å². The van der Waals surface area contributed by atoms with Gasteiger partial charge in [0.25, 0.3) is 0 Å². The molecule has 0 aliphatic carbocycles. The fourth-order valence-electron chi connectivity index (χ4n) is 2.20. The Morgan fingerprint density at radius 1 is 0.733 bits per heavy atom. The lowest BCUT2D eigenvalue weighted by molar-refractivity contribution is 0.175. The zero-order chi connectivity index (χ0) is 12.3. The van der Waals surface area contributed by atoms with Gasteiger partial charge in [-0.2, -0.15) is 0 Å². The van der Waals surface area contributed by atoms with Gasteiger partial charge in [0, 0.05) is 12.1 Å². The molecule has 0 aliphatic heterocycles. The van der Waals surface area contributed by atoms with Gasteiger partial charge in [-0.15, -0.1) is 0 Å². The van der Waals surface area contributed by atoms with Gasteiger partial charge in [-0.3, -0.25) is 0 Å². The van der Waals surface area contributed by atoms with Crippen molar-refractivity contribution in [1.29, 1.82) is 0 Å². The maximum atomic E-state index is 3.83. The van der Waals surface area contributed by atoms with E-state index in [0.29, 0.717) is 22.9 Å². The van der Waals surface area contributed by atoms with Gasteiger partial charge in [0.2, 0.25) is 0 Å². The zero-order valence-electron chi connectivity index (χ0n) is 12.1. The first kappa shape index (κ1) is 15.0. The lowest BCUT2D eigenvalue weighted by atomic mass is 9.80. The Balaban J connectivity index is 4.52. The molecule has 2 unspecified atom stereocenters. The summed E-state index contributed by atoms with van der Waals surface area (Å²) in [5.74, 6) is 0. The fourth-order valence-corrected chi connectivity index (χ4v) is 2.20. The average molecular weight is 213 g/mol. The molecule has 0 amide bonds. The summed E-state index contributed by atoms with van der Waals surface area (Å²) in [7, 11) is 0. The number of rotatable bonds is 4. The maximum absolute atomic E-state index is 3.83. The molecule has 0 aromatic heterocycles. The molecule has 1 heteroatoms. The van der Waals surface area contributed by atoms with Crippen LogP contribution in [0, 0.1) is 10.8 Å². The Hall–Kier alpha value is -0.0400. The molecule has 2 atom stereocenters. The van der Waals surface area contributed by atoms with E-state index in [4.69, 9.17) is 0 Å². The molecule has 15 heavy (non-hydrogen) atoms. The van der Waals surface area contributed by atoms with Gasteiger partial charge in [-0.1, -0.05) is 55.4 Å². The molecular weight excluding hydrogens is 182 g/mol. The molecule has 0 radical (unpaired) electrons. The highest BCUT2D eigenvalue weighted by atomic mass is 15.0. The highest BCUT2D eigenvalue weighted by Crippen LogP contribution is 2.27. The third kappa shape index (κ3) is 5.01. The van der Waals surface area contributed by atoms with Crippen LogP contribution in [0.4, 0.5) is 0 Å². The van der Waals surface area contributed by atoms with Crippen molar-refractivity contribution in [3.05, 3.63) is 0 Å². The summed E-state index contributed by atoms with van der Waals surface area (Å²) in [5, 5.41) is 3.83. The van der Waals surface area contributed by atoms with Crippen molar-refractivity contribution in [1.82, 2.24) is 5.32 Å². The second-order valence-electron chi connectivity index (χ2n) is 6.82. The van der Waals surface area contributed by atoms with E-state index in [0.717, 1.165) is 0 Å². The van der Waals surface area contributed by atoms with Crippen LogP contribution in [0.25, 0.3) is 0 Å². The Labute approximate surface area is 97.0 Å². The molecule has 0 aliphatic rings. The lowest BCUT2D eigenvalue weighted by Gasteiger charge is -2.39. The van der Waals surface area contributed by atoms with Gasteiger partial charge >= 0.3 is 0 Å². The molecule has 0 aromatic rings. The number of hydrogen-bond donors (Lipinski definition) is 1. The summed E-state index contributed by atoms with van der Waals surface area (Å²) < 4.78 is 0. The molecule has 0 rings (SSSR count). The molecule has 0 saturated heterocycles. The molecule has 0 saturated carbocycles. The minimum absolute atomic E-state index is 0.355. The Morgan fingerprint density at radius 3 is 1.13 bits per heavy atom. The predicted octanol–water partition coefficient (Wildman–Crippen LogP) is 4.23. The summed E-state index contributed by atoms with van der Waals surface area (Å²) >= 11 is 0. The topological polar surface area (TPSA) is 12.0 Å². The summed E-state index contributed by atoms with van der Waals surface area (Å²) in [6.45, 7) is 18.5. The summed E-state index contributed by atoms with van der Waals surface area (Å²) in [6.07, 6.45) is 2.41. The van der Waals surface area contributed by atoms with E-state index >= 15 is 0 Å². The lowest BCUT2D eigenvalue weighted by Crippen LogP contribution is -2.50. The van der Waals surface area contributed by atoms with Crippen molar-refractivity contribution < 1.29 is 0 Å². The first-order valence-corrected chi connectivity index (χ1v) is 6.39. The second kappa shape index (κ2) is 5.34. The van der Waals surface area contributed by atoms with Crippen LogP contribution in [0.15, 0.2) is 0 Å². The van der Waals surface area contributed by atoms with E-state index in [1.807, 2.05) is 0 Å². The van der Waals surface area contributed by atoms with Crippen molar-refractivity contribution in [3.8, 4) is 0 Å². The van der Waals surface area contributed by atoms with Crippen LogP contribution < -0.4 is 5.32 Å². The van der Waals surface area contributed by atoms with Crippen LogP contribution in [0.1, 0.15) is 68.2 Å². The van der Waals surface area contributed by atoms with E-state index < -0.39 is 0 Å². The smallest absolute Gasteiger partial charge is 0.0116 e. The van der Waals surface area contributed by atoms with Gasteiger partial charge in [0.1, 0.15) is 0 Å². The third-order valence-corrected chi connectivity index (χ3v) is 3.31. The van der Waals surface area contributed by atoms with E-state index in [-0.39, 0.29) is 0 Å². The van der Waals surface area contributed by atoms with Gasteiger partial charge in [0.15, 0.2) is 0 Å². The first-order valence-electron chi connectivity index (χ1n) is 6.39. The molecule has 92 valence electrons. The standard InChI is InChI=1S/C14H31N/c1-9-11(13(3,4)5)15-12(10-2)14(6,7)8/h11-12,15H,9-10H2,1-8H3. The summed E-state index contributed by atoms with van der Waals surface area (Å²) in [5.41, 5.74) is 0.709. The monoisotopic (exact) mass is 213 g/mol. The summed E-state index contributed by atoms with van der Waals surface area (Å²) in [4.78, 5) is 0. The molecule has 0 fully saturated rings. The minimum Gasteiger partial charge on any atom is -0.310 e. The molecule has 1 nitrogen and oxygen atoms in total. The molecule has 0 heterocycles. The molecule has 0 aromatic carbocycles. The van der Waals surface area contributed by atoms with Crippen LogP contribution in [-0.4, -0.2) is 12.1 Å². The first-order chi connectivity index (χ1) is 6.62. The molecule has 1 N–H and O–H groups in total. The zero-order valence-corrected chi connectivity index (χ0v) is 12.1. The number of hydrogen-bond acceptors (Lipinski definition) is 1. The van der Waals surface area contributed by atoms with Crippen LogP contribution >= 0.6 is 0 Å². The molecule has 0 spiro atoms. The predicted molar refractivity (Wildman–Crippen MR) is 70.2 cm³/mol. The van der Waals surface area contributed by atoms with E-state index in [1.165, 1.54) is 12.8 Å². The van der Waals surface area contributed by atoms with Crippen molar-refractivity contribution in [2.24, 2.45) is 10.8 Å². The van der Waals surface area contributed by atoms with E-state index in [2.05, 4.69) is 60.7 Å². The van der Waals surface area contributed by atoms with Gasteiger partial charge in [-0.05, 0) is 23.7 Å². The van der Waals surface area contributed by atoms with E-state index in [1.54, 1.807) is 0 Å². The fraction of sp³-hybridized carbons (Fsp3) is 1.00. The normalized spacial score (nSPS) is 17.6. The van der Waals surface area contributed by atoms with Crippen molar-refractivity contribution in [2.75, 3.05) is 0 Å². The third-order valence-electron chi connectivity index (χ3n) is 3.31. The highest BCUT2D eigenvalue weighted by Gasteiger charge is 2.29. The van der Waals surface area contributed by atoms with Crippen LogP contribution in [-0.2, 0) is 0 Å². The summed E-state index contributed by atoms with van der Waals surface area (Å²) in [6, 6.07) is 1.23. The van der Waals surface area contributed by atoms with Gasteiger partial charge in [-0.25, -0.2) is 0 Å². The quantitative estimate of drug-likeness (QED) is 0.737. The van der Waals surface area contributed by atoms with Crippen LogP contribution in [0.3, 0.4) is 0 Å². The molecular formula is C14H31N. The molecule has 0 bridgehead atoms. The van der Waals surface area contributed by atoms with Crippen molar-refractivity contribution in [3.63, 3.8) is 0 Å². The average Bonchev–Trinajstić information content (AvgIpc) is 2.01. The van der Waals surface area contributed by atoms with Crippen LogP contribution in [0.2, 0.25) is 0 Å². The highest BCUT2D eigenvalue weighted by molar-refractivity contribution is 4.87. The number of nitrogens with one attached hydrogen (secondary N) is 1. The SMILES string of the molecule is CCC(NC(CC)C(C)(C)C)C(C)(C)C. The Kier molecular flexibility index (Phi) is 5.32.